The quantitative estimate of drug-likeness (QED) is 0.226. The minimum atomic E-state index is -0.795. The molecule has 224 valence electrons. The van der Waals surface area contributed by atoms with Crippen molar-refractivity contribution >= 4 is 39.3 Å². The lowest BCUT2D eigenvalue weighted by molar-refractivity contribution is -0.139. The van der Waals surface area contributed by atoms with Gasteiger partial charge in [0.05, 0.1) is 42.2 Å². The molecule has 5 rings (SSSR count). The zero-order chi connectivity index (χ0) is 31.0. The van der Waals surface area contributed by atoms with Crippen LogP contribution in [0.2, 0.25) is 0 Å². The third-order valence-electron chi connectivity index (χ3n) is 7.44. The highest BCUT2D eigenvalue weighted by Crippen LogP contribution is 2.41. The summed E-state index contributed by atoms with van der Waals surface area (Å²) in [5, 5.41) is 0. The van der Waals surface area contributed by atoms with Gasteiger partial charge in [-0.15, -0.1) is 0 Å². The number of hydrogen-bond donors (Lipinski definition) is 0. The number of halogens is 1. The summed E-state index contributed by atoms with van der Waals surface area (Å²) in [6.45, 7) is 12.2. The molecular weight excluding hydrogens is 630 g/mol. The second-order valence-corrected chi connectivity index (χ2v) is 12.1. The molecule has 0 N–H and O–H groups in total. The lowest BCUT2D eigenvalue weighted by Gasteiger charge is -2.26. The van der Waals surface area contributed by atoms with Crippen molar-refractivity contribution in [3.63, 3.8) is 0 Å². The summed E-state index contributed by atoms with van der Waals surface area (Å²) in [7, 11) is 1.56. The molecule has 0 bridgehead atoms. The smallest absolute Gasteiger partial charge is 0.338 e. The maximum absolute atomic E-state index is 14.2. The van der Waals surface area contributed by atoms with Crippen molar-refractivity contribution in [2.45, 2.75) is 47.6 Å². The molecule has 0 saturated carbocycles. The Balaban J connectivity index is 1.72. The van der Waals surface area contributed by atoms with E-state index in [2.05, 4.69) is 64.7 Å². The van der Waals surface area contributed by atoms with Gasteiger partial charge in [0.25, 0.3) is 5.56 Å². The Kier molecular flexibility index (Phi) is 8.80. The van der Waals surface area contributed by atoms with E-state index >= 15 is 0 Å². The standard InChI is InChI=1S/C33H34BrN3O5S/c1-8-41-27-17-25(34)24(16-26(27)40-7)30-29(32(39)42-9-2)20(5)35-33-37(30)31(38)28(43-33)15-22-14-19(4)36(21(22)6)23-12-10-18(3)11-13-23/h10-17,30H,8-9H2,1-7H3/b28-15+/t30-/m1/s1. The molecule has 1 aliphatic heterocycles. The number of rotatable bonds is 8. The highest BCUT2D eigenvalue weighted by Gasteiger charge is 2.35. The van der Waals surface area contributed by atoms with E-state index in [9.17, 15) is 9.59 Å². The van der Waals surface area contributed by atoms with E-state index in [-0.39, 0.29) is 12.2 Å². The number of thiazole rings is 1. The van der Waals surface area contributed by atoms with Crippen LogP contribution in [0.1, 0.15) is 54.9 Å². The summed E-state index contributed by atoms with van der Waals surface area (Å²) < 4.78 is 21.8. The first-order chi connectivity index (χ1) is 20.6. The molecule has 0 amide bonds. The van der Waals surface area contributed by atoms with Crippen LogP contribution in [0.4, 0.5) is 0 Å². The van der Waals surface area contributed by atoms with Crippen LogP contribution in [0.3, 0.4) is 0 Å². The topological polar surface area (TPSA) is 84.1 Å². The molecule has 10 heteroatoms. The Hall–Kier alpha value is -3.89. The lowest BCUT2D eigenvalue weighted by atomic mass is 9.95. The summed E-state index contributed by atoms with van der Waals surface area (Å²) in [5.41, 5.74) is 6.46. The molecule has 2 aromatic heterocycles. The number of esters is 1. The summed E-state index contributed by atoms with van der Waals surface area (Å²) in [4.78, 5) is 32.8. The average molecular weight is 665 g/mol. The van der Waals surface area contributed by atoms with Crippen molar-refractivity contribution in [2.24, 2.45) is 4.99 Å². The van der Waals surface area contributed by atoms with Crippen LogP contribution in [0.5, 0.6) is 11.5 Å². The highest BCUT2D eigenvalue weighted by molar-refractivity contribution is 9.10. The molecule has 0 fully saturated rings. The van der Waals surface area contributed by atoms with E-state index in [0.29, 0.717) is 48.7 Å². The maximum atomic E-state index is 14.2. The molecule has 1 atom stereocenters. The Morgan fingerprint density at radius 1 is 1.05 bits per heavy atom. The molecule has 0 aliphatic carbocycles. The van der Waals surface area contributed by atoms with Crippen molar-refractivity contribution in [1.29, 1.82) is 0 Å². The molecule has 0 spiro atoms. The van der Waals surface area contributed by atoms with Crippen LogP contribution >= 0.6 is 27.3 Å². The number of benzene rings is 2. The number of fused-ring (bicyclic) bond motifs is 1. The second kappa shape index (κ2) is 12.4. The zero-order valence-corrected chi connectivity index (χ0v) is 27.7. The number of ether oxygens (including phenoxy) is 3. The fourth-order valence-electron chi connectivity index (χ4n) is 5.44. The zero-order valence-electron chi connectivity index (χ0n) is 25.3. The van der Waals surface area contributed by atoms with Crippen molar-refractivity contribution < 1.29 is 19.0 Å². The van der Waals surface area contributed by atoms with E-state index in [1.807, 2.05) is 19.9 Å². The van der Waals surface area contributed by atoms with Crippen molar-refractivity contribution in [3.8, 4) is 17.2 Å². The lowest BCUT2D eigenvalue weighted by Crippen LogP contribution is -2.40. The van der Waals surface area contributed by atoms with Gasteiger partial charge in [-0.2, -0.15) is 0 Å². The first-order valence-corrected chi connectivity index (χ1v) is 15.7. The van der Waals surface area contributed by atoms with E-state index in [1.54, 1.807) is 37.7 Å². The summed E-state index contributed by atoms with van der Waals surface area (Å²) in [5.74, 6) is 0.517. The van der Waals surface area contributed by atoms with Crippen LogP contribution in [-0.2, 0) is 9.53 Å². The Morgan fingerprint density at radius 3 is 2.42 bits per heavy atom. The first-order valence-electron chi connectivity index (χ1n) is 14.0. The summed E-state index contributed by atoms with van der Waals surface area (Å²) >= 11 is 4.97. The Morgan fingerprint density at radius 2 is 1.77 bits per heavy atom. The molecule has 1 aliphatic rings. The van der Waals surface area contributed by atoms with Crippen molar-refractivity contribution in [2.75, 3.05) is 20.3 Å². The molecule has 0 radical (unpaired) electrons. The second-order valence-electron chi connectivity index (χ2n) is 10.3. The monoisotopic (exact) mass is 663 g/mol. The van der Waals surface area contributed by atoms with Gasteiger partial charge >= 0.3 is 5.97 Å². The molecule has 0 unspecified atom stereocenters. The van der Waals surface area contributed by atoms with Crippen LogP contribution < -0.4 is 24.4 Å². The molecule has 43 heavy (non-hydrogen) atoms. The van der Waals surface area contributed by atoms with Crippen LogP contribution in [-0.4, -0.2) is 35.4 Å². The number of methoxy groups -OCH3 is 1. The predicted molar refractivity (Wildman–Crippen MR) is 172 cm³/mol. The molecule has 8 nitrogen and oxygen atoms in total. The maximum Gasteiger partial charge on any atom is 0.338 e. The van der Waals surface area contributed by atoms with Gasteiger partial charge in [-0.05, 0) is 89.1 Å². The average Bonchev–Trinajstić information content (AvgIpc) is 3.42. The number of nitrogens with zero attached hydrogens (tertiary/aromatic N) is 3. The fourth-order valence-corrected chi connectivity index (χ4v) is 7.02. The minimum Gasteiger partial charge on any atom is -0.493 e. The third kappa shape index (κ3) is 5.61. The van der Waals surface area contributed by atoms with Crippen LogP contribution in [0.15, 0.2) is 68.0 Å². The Bertz CT molecular complexity index is 1930. The van der Waals surface area contributed by atoms with E-state index in [1.165, 1.54) is 16.9 Å². The van der Waals surface area contributed by atoms with Crippen LogP contribution in [0, 0.1) is 20.8 Å². The number of carbonyl (C=O) groups is 1. The molecule has 4 aromatic rings. The van der Waals surface area contributed by atoms with Gasteiger partial charge in [-0.25, -0.2) is 9.79 Å². The van der Waals surface area contributed by atoms with Crippen molar-refractivity contribution in [3.05, 3.63) is 106 Å². The van der Waals surface area contributed by atoms with Crippen LogP contribution in [0.25, 0.3) is 11.8 Å². The third-order valence-corrected chi connectivity index (χ3v) is 9.11. The molecule has 3 heterocycles. The fraction of sp³-hybridized carbons (Fsp3) is 0.303. The predicted octanol–water partition coefficient (Wildman–Crippen LogP) is 5.68. The van der Waals surface area contributed by atoms with E-state index in [4.69, 9.17) is 19.2 Å². The van der Waals surface area contributed by atoms with Gasteiger partial charge in [0.15, 0.2) is 16.3 Å². The molecule has 0 saturated heterocycles. The normalized spacial score (nSPS) is 14.9. The van der Waals surface area contributed by atoms with Crippen molar-refractivity contribution in [1.82, 2.24) is 9.13 Å². The number of hydrogen-bond acceptors (Lipinski definition) is 7. The number of allylic oxidation sites excluding steroid dienone is 1. The van der Waals surface area contributed by atoms with E-state index in [0.717, 1.165) is 22.6 Å². The van der Waals surface area contributed by atoms with Gasteiger partial charge in [0.1, 0.15) is 0 Å². The van der Waals surface area contributed by atoms with Gasteiger partial charge < -0.3 is 18.8 Å². The first kappa shape index (κ1) is 30.6. The van der Waals surface area contributed by atoms with Gasteiger partial charge in [-0.3, -0.25) is 9.36 Å². The SMILES string of the molecule is CCOC(=O)C1=C(C)N=c2s/c(=C/c3cc(C)n(-c4ccc(C)cc4)c3C)c(=O)n2[C@@H]1c1cc(OC)c(OCC)cc1Br. The van der Waals surface area contributed by atoms with E-state index < -0.39 is 12.0 Å². The number of aromatic nitrogens is 2. The molecular formula is C33H34BrN3O5S. The number of carbonyl (C=O) groups excluding carboxylic acids is 1. The summed E-state index contributed by atoms with van der Waals surface area (Å²) in [6, 6.07) is 13.2. The largest absolute Gasteiger partial charge is 0.493 e. The highest BCUT2D eigenvalue weighted by atomic mass is 79.9. The minimum absolute atomic E-state index is 0.192. The summed E-state index contributed by atoms with van der Waals surface area (Å²) in [6.07, 6.45) is 1.91. The van der Waals surface area contributed by atoms with Gasteiger partial charge in [0, 0.05) is 21.5 Å². The van der Waals surface area contributed by atoms with Gasteiger partial charge in [0.2, 0.25) is 0 Å². The number of aryl methyl sites for hydroxylation is 2. The van der Waals surface area contributed by atoms with Gasteiger partial charge in [-0.1, -0.05) is 45.0 Å². The Labute approximate surface area is 262 Å². The molecule has 2 aromatic carbocycles.